The summed E-state index contributed by atoms with van der Waals surface area (Å²) in [5.41, 5.74) is 6.82. The summed E-state index contributed by atoms with van der Waals surface area (Å²) in [5.74, 6) is 4.52. The molecule has 0 aromatic heterocycles. The van der Waals surface area contributed by atoms with Gasteiger partial charge in [-0.3, -0.25) is 4.55 Å². The first-order chi connectivity index (χ1) is 5.33. The first-order valence-corrected chi connectivity index (χ1v) is 5.06. The molecule has 74 valence electrons. The van der Waals surface area contributed by atoms with E-state index in [1.54, 1.807) is 6.92 Å². The minimum absolute atomic E-state index is 0.116. The van der Waals surface area contributed by atoms with Crippen LogP contribution in [0.5, 0.6) is 0 Å². The Kier molecular flexibility index (Phi) is 8.49. The molecule has 8 heteroatoms. The van der Waals surface area contributed by atoms with Gasteiger partial charge in [0.1, 0.15) is 0 Å². The van der Waals surface area contributed by atoms with Gasteiger partial charge in [-0.25, -0.2) is 5.84 Å². The van der Waals surface area contributed by atoms with Crippen LogP contribution < -0.4 is 17.0 Å². The molecule has 0 aromatic rings. The first kappa shape index (κ1) is 14.1. The van der Waals surface area contributed by atoms with Crippen LogP contribution in [-0.4, -0.2) is 23.8 Å². The lowest BCUT2D eigenvalue weighted by molar-refractivity contribution is 0.482. The molecule has 0 aliphatic rings. The van der Waals surface area contributed by atoms with Crippen LogP contribution in [0.4, 0.5) is 0 Å². The van der Waals surface area contributed by atoms with Crippen molar-refractivity contribution in [2.45, 2.75) is 13.3 Å². The number of hydrogen-bond acceptors (Lipinski definition) is 4. The smallest absolute Gasteiger partial charge is 0.264 e. The molecule has 0 saturated carbocycles. The van der Waals surface area contributed by atoms with Crippen molar-refractivity contribution in [3.8, 4) is 0 Å². The van der Waals surface area contributed by atoms with E-state index >= 15 is 0 Å². The molecule has 0 bridgehead atoms. The fourth-order valence-corrected chi connectivity index (χ4v) is 0.774. The summed E-state index contributed by atoms with van der Waals surface area (Å²) < 4.78 is 27.6. The molecule has 0 saturated heterocycles. The second kappa shape index (κ2) is 7.22. The molecule has 0 radical (unpaired) electrons. The largest absolute Gasteiger partial charge is 0.375 e. The maximum Gasteiger partial charge on any atom is 0.264 e. The number of nitrogens with two attached hydrogens (primary N) is 2. The van der Waals surface area contributed by atoms with Crippen molar-refractivity contribution in [3.05, 3.63) is 0 Å². The molecule has 6 nitrogen and oxygen atoms in total. The van der Waals surface area contributed by atoms with E-state index in [1.165, 1.54) is 0 Å². The van der Waals surface area contributed by atoms with Crippen LogP contribution in [0, 0.1) is 0 Å². The van der Waals surface area contributed by atoms with Gasteiger partial charge >= 0.3 is 0 Å². The van der Waals surface area contributed by atoms with E-state index in [1.807, 2.05) is 5.43 Å². The highest BCUT2D eigenvalue weighted by Crippen LogP contribution is 1.83. The summed E-state index contributed by atoms with van der Waals surface area (Å²) in [6.45, 7) is 1.69. The Labute approximate surface area is 77.0 Å². The third-order valence-corrected chi connectivity index (χ3v) is 1.65. The van der Waals surface area contributed by atoms with Crippen molar-refractivity contribution in [3.63, 3.8) is 0 Å². The Morgan fingerprint density at radius 2 is 2.00 bits per heavy atom. The molecule has 0 aliphatic carbocycles. The predicted octanol–water partition coefficient (Wildman–Crippen LogP) is -1.02. The van der Waals surface area contributed by atoms with Gasteiger partial charge in [-0.15, -0.1) is 0 Å². The molecule has 6 N–H and O–H groups in total. The van der Waals surface area contributed by atoms with Gasteiger partial charge in [0.2, 0.25) is 0 Å². The summed E-state index contributed by atoms with van der Waals surface area (Å²) in [6.07, 6.45) is 0.471. The average Bonchev–Trinajstić information content (AvgIpc) is 1.86. The van der Waals surface area contributed by atoms with Crippen molar-refractivity contribution in [2.75, 3.05) is 5.75 Å². The van der Waals surface area contributed by atoms with Crippen LogP contribution in [0.1, 0.15) is 13.3 Å². The van der Waals surface area contributed by atoms with Gasteiger partial charge < -0.3 is 11.2 Å². The highest BCUT2D eigenvalue weighted by atomic mass is 32.2. The predicted molar refractivity (Wildman–Crippen MR) is 50.8 cm³/mol. The van der Waals surface area contributed by atoms with Crippen molar-refractivity contribution >= 4 is 27.4 Å². The number of thiocarbonyl (C=S) groups is 1. The van der Waals surface area contributed by atoms with Crippen LogP contribution in [0.15, 0.2) is 0 Å². The standard InChI is InChI=1S/C3H8O3S.CH5N3S/c1-2-3-7(4,5)6;2-1(5)4-3/h2-3H2,1H3,(H,4,5,6);3H2,(H3,2,4,5). The number of hydrazine groups is 1. The Hall–Kier alpha value is -0.440. The van der Waals surface area contributed by atoms with Gasteiger partial charge in [0, 0.05) is 0 Å². The molecule has 0 amide bonds. The molecule has 0 fully saturated rings. The molecular formula is C4H13N3O3S2. The second-order valence-electron chi connectivity index (χ2n) is 1.79. The zero-order valence-electron chi connectivity index (χ0n) is 6.65. The van der Waals surface area contributed by atoms with E-state index < -0.39 is 10.1 Å². The summed E-state index contributed by atoms with van der Waals surface area (Å²) in [6, 6.07) is 0. The summed E-state index contributed by atoms with van der Waals surface area (Å²) in [7, 11) is -3.67. The first-order valence-electron chi connectivity index (χ1n) is 3.04. The van der Waals surface area contributed by atoms with Crippen LogP contribution in [0.3, 0.4) is 0 Å². The minimum Gasteiger partial charge on any atom is -0.375 e. The molecule has 12 heavy (non-hydrogen) atoms. The molecule has 0 aromatic carbocycles. The number of rotatable bonds is 2. The normalized spacial score (nSPS) is 9.58. The monoisotopic (exact) mass is 215 g/mol. The lowest BCUT2D eigenvalue weighted by Gasteiger charge is -1.85. The summed E-state index contributed by atoms with van der Waals surface area (Å²) in [4.78, 5) is 0. The molecule has 0 atom stereocenters. The Morgan fingerprint density at radius 1 is 1.67 bits per heavy atom. The van der Waals surface area contributed by atoms with Gasteiger partial charge in [0.25, 0.3) is 10.1 Å². The van der Waals surface area contributed by atoms with Gasteiger partial charge in [-0.05, 0) is 18.6 Å². The molecule has 0 aliphatic heterocycles. The van der Waals surface area contributed by atoms with Gasteiger partial charge in [0.05, 0.1) is 5.75 Å². The van der Waals surface area contributed by atoms with Crippen LogP contribution >= 0.6 is 12.2 Å². The lowest BCUT2D eigenvalue weighted by atomic mass is 10.6. The van der Waals surface area contributed by atoms with E-state index in [9.17, 15) is 8.42 Å². The van der Waals surface area contributed by atoms with E-state index in [0.29, 0.717) is 6.42 Å². The second-order valence-corrected chi connectivity index (χ2v) is 3.81. The lowest BCUT2D eigenvalue weighted by Crippen LogP contribution is -2.34. The van der Waals surface area contributed by atoms with Crippen molar-refractivity contribution in [1.82, 2.24) is 5.43 Å². The SMILES string of the molecule is CCCS(=O)(=O)O.NNC(N)=S. The third-order valence-electron chi connectivity index (χ3n) is 0.604. The van der Waals surface area contributed by atoms with E-state index in [4.69, 9.17) is 10.3 Å². The maximum atomic E-state index is 9.79. The van der Waals surface area contributed by atoms with Crippen molar-refractivity contribution in [2.24, 2.45) is 11.6 Å². The van der Waals surface area contributed by atoms with Gasteiger partial charge in [-0.2, -0.15) is 8.42 Å². The average molecular weight is 215 g/mol. The fourth-order valence-electron chi connectivity index (χ4n) is 0.258. The minimum atomic E-state index is -3.67. The maximum absolute atomic E-state index is 9.79. The van der Waals surface area contributed by atoms with Gasteiger partial charge in [0.15, 0.2) is 5.11 Å². The molecule has 0 heterocycles. The quantitative estimate of drug-likeness (QED) is 0.201. The van der Waals surface area contributed by atoms with Crippen molar-refractivity contribution in [1.29, 1.82) is 0 Å². The topological polar surface area (TPSA) is 118 Å². The zero-order valence-corrected chi connectivity index (χ0v) is 8.28. The third kappa shape index (κ3) is 22.7. The Bertz CT molecular complexity index is 214. The molecule has 0 unspecified atom stereocenters. The zero-order chi connectivity index (χ0) is 10.2. The number of hydrogen-bond donors (Lipinski definition) is 4. The Balaban J connectivity index is 0. The Morgan fingerprint density at radius 3 is 2.00 bits per heavy atom. The van der Waals surface area contributed by atoms with Crippen LogP contribution in [0.2, 0.25) is 0 Å². The van der Waals surface area contributed by atoms with Gasteiger partial charge in [-0.1, -0.05) is 6.92 Å². The fraction of sp³-hybridized carbons (Fsp3) is 0.750. The molecule has 0 spiro atoms. The molecule has 0 rings (SSSR count). The van der Waals surface area contributed by atoms with Crippen LogP contribution in [0.25, 0.3) is 0 Å². The van der Waals surface area contributed by atoms with Crippen molar-refractivity contribution < 1.29 is 13.0 Å². The summed E-state index contributed by atoms with van der Waals surface area (Å²) in [5, 5.41) is 0.116. The highest BCUT2D eigenvalue weighted by Gasteiger charge is 1.98. The number of nitrogens with one attached hydrogen (secondary N) is 1. The highest BCUT2D eigenvalue weighted by molar-refractivity contribution is 7.85. The van der Waals surface area contributed by atoms with E-state index in [2.05, 4.69) is 18.1 Å². The van der Waals surface area contributed by atoms with E-state index in [-0.39, 0.29) is 10.9 Å². The summed E-state index contributed by atoms with van der Waals surface area (Å²) >= 11 is 4.24. The molecular weight excluding hydrogens is 202 g/mol. The van der Waals surface area contributed by atoms with E-state index in [0.717, 1.165) is 0 Å². The van der Waals surface area contributed by atoms with Crippen LogP contribution in [-0.2, 0) is 10.1 Å².